The largest absolute Gasteiger partial charge is 0.353 e. The van der Waals surface area contributed by atoms with Gasteiger partial charge in [0.1, 0.15) is 0 Å². The molecule has 2 rings (SSSR count). The van der Waals surface area contributed by atoms with E-state index in [2.05, 4.69) is 24.5 Å². The minimum atomic E-state index is 0.243. The maximum atomic E-state index is 11.9. The van der Waals surface area contributed by atoms with E-state index in [1.807, 2.05) is 0 Å². The molecule has 1 saturated heterocycles. The van der Waals surface area contributed by atoms with Crippen LogP contribution in [0.4, 0.5) is 0 Å². The predicted molar refractivity (Wildman–Crippen MR) is 69.8 cm³/mol. The van der Waals surface area contributed by atoms with Crippen LogP contribution in [0.1, 0.15) is 58.8 Å². The normalized spacial score (nSPS) is 32.4. The number of carbonyl (C=O) groups excluding carboxylic acids is 1. The van der Waals surface area contributed by atoms with Gasteiger partial charge in [-0.2, -0.15) is 0 Å². The number of amides is 1. The van der Waals surface area contributed by atoms with E-state index in [0.717, 1.165) is 25.8 Å². The molecule has 0 bridgehead atoms. The van der Waals surface area contributed by atoms with E-state index < -0.39 is 0 Å². The van der Waals surface area contributed by atoms with E-state index in [1.54, 1.807) is 0 Å². The van der Waals surface area contributed by atoms with Gasteiger partial charge >= 0.3 is 0 Å². The van der Waals surface area contributed by atoms with Gasteiger partial charge in [0, 0.05) is 18.5 Å². The molecular formula is C14H26N2O. The van der Waals surface area contributed by atoms with Crippen LogP contribution in [0.25, 0.3) is 0 Å². The Balaban J connectivity index is 1.74. The molecule has 0 aromatic rings. The quantitative estimate of drug-likeness (QED) is 0.791. The van der Waals surface area contributed by atoms with E-state index in [9.17, 15) is 4.79 Å². The molecule has 1 aliphatic carbocycles. The van der Waals surface area contributed by atoms with Crippen LogP contribution in [0.5, 0.6) is 0 Å². The maximum Gasteiger partial charge on any atom is 0.221 e. The lowest BCUT2D eigenvalue weighted by molar-refractivity contribution is -0.122. The molecule has 1 amide bonds. The zero-order chi connectivity index (χ0) is 12.3. The number of nitrogens with one attached hydrogen (secondary N) is 2. The molecule has 1 aliphatic heterocycles. The van der Waals surface area contributed by atoms with Crippen LogP contribution in [-0.4, -0.2) is 24.5 Å². The molecule has 2 fully saturated rings. The van der Waals surface area contributed by atoms with Gasteiger partial charge in [-0.3, -0.25) is 4.79 Å². The topological polar surface area (TPSA) is 41.1 Å². The van der Waals surface area contributed by atoms with E-state index in [1.165, 1.54) is 19.3 Å². The highest BCUT2D eigenvalue weighted by molar-refractivity contribution is 5.76. The minimum absolute atomic E-state index is 0.243. The Morgan fingerprint density at radius 2 is 2.18 bits per heavy atom. The van der Waals surface area contributed by atoms with Crippen molar-refractivity contribution in [3.63, 3.8) is 0 Å². The first-order valence-electron chi connectivity index (χ1n) is 7.08. The van der Waals surface area contributed by atoms with Crippen molar-refractivity contribution in [3.05, 3.63) is 0 Å². The molecule has 1 saturated carbocycles. The first kappa shape index (κ1) is 12.9. The number of carbonyl (C=O) groups is 1. The fourth-order valence-electron chi connectivity index (χ4n) is 3.26. The van der Waals surface area contributed by atoms with E-state index in [0.29, 0.717) is 23.9 Å². The smallest absolute Gasteiger partial charge is 0.221 e. The number of rotatable bonds is 3. The Labute approximate surface area is 105 Å². The molecule has 2 unspecified atom stereocenters. The Kier molecular flexibility index (Phi) is 4.08. The van der Waals surface area contributed by atoms with Gasteiger partial charge < -0.3 is 10.6 Å². The molecule has 0 aromatic heterocycles. The Hall–Kier alpha value is -0.570. The third kappa shape index (κ3) is 3.98. The highest BCUT2D eigenvalue weighted by Gasteiger charge is 2.29. The molecule has 1 heterocycles. The third-order valence-electron chi connectivity index (χ3n) is 4.16. The van der Waals surface area contributed by atoms with Crippen LogP contribution in [-0.2, 0) is 4.79 Å². The second-order valence-corrected chi connectivity index (χ2v) is 6.52. The van der Waals surface area contributed by atoms with Gasteiger partial charge in [-0.15, -0.1) is 0 Å². The zero-order valence-electron chi connectivity index (χ0n) is 11.2. The highest BCUT2D eigenvalue weighted by atomic mass is 16.1. The van der Waals surface area contributed by atoms with Crippen molar-refractivity contribution in [1.82, 2.24) is 10.6 Å². The monoisotopic (exact) mass is 238 g/mol. The summed E-state index contributed by atoms with van der Waals surface area (Å²) in [6.07, 6.45) is 7.88. The molecule has 2 atom stereocenters. The zero-order valence-corrected chi connectivity index (χ0v) is 11.2. The molecule has 3 heteroatoms. The molecule has 0 aromatic carbocycles. The standard InChI is InChI=1S/C14H26N2O/c1-14(2)7-3-5-12(10-14)16-13(17)9-11-6-4-8-15-11/h11-12,15H,3-10H2,1-2H3,(H,16,17). The van der Waals surface area contributed by atoms with Crippen LogP contribution in [0, 0.1) is 5.41 Å². The first-order chi connectivity index (χ1) is 8.05. The summed E-state index contributed by atoms with van der Waals surface area (Å²) in [6, 6.07) is 0.833. The molecule has 0 radical (unpaired) electrons. The maximum absolute atomic E-state index is 11.9. The summed E-state index contributed by atoms with van der Waals surface area (Å²) < 4.78 is 0. The average Bonchev–Trinajstić information content (AvgIpc) is 2.68. The summed E-state index contributed by atoms with van der Waals surface area (Å²) >= 11 is 0. The number of hydrogen-bond acceptors (Lipinski definition) is 2. The lowest BCUT2D eigenvalue weighted by Crippen LogP contribution is -2.42. The van der Waals surface area contributed by atoms with E-state index >= 15 is 0 Å². The minimum Gasteiger partial charge on any atom is -0.353 e. The lowest BCUT2D eigenvalue weighted by atomic mass is 9.75. The van der Waals surface area contributed by atoms with Crippen molar-refractivity contribution in [2.24, 2.45) is 5.41 Å². The Bertz CT molecular complexity index is 269. The molecule has 2 aliphatic rings. The van der Waals surface area contributed by atoms with Crippen molar-refractivity contribution in [2.75, 3.05) is 6.54 Å². The molecule has 0 spiro atoms. The first-order valence-corrected chi connectivity index (χ1v) is 7.08. The van der Waals surface area contributed by atoms with Crippen LogP contribution >= 0.6 is 0 Å². The number of hydrogen-bond donors (Lipinski definition) is 2. The van der Waals surface area contributed by atoms with Crippen LogP contribution in [0.15, 0.2) is 0 Å². The summed E-state index contributed by atoms with van der Waals surface area (Å²) in [5.74, 6) is 0.243. The van der Waals surface area contributed by atoms with Crippen molar-refractivity contribution in [3.8, 4) is 0 Å². The molecule has 2 N–H and O–H groups in total. The molecule has 17 heavy (non-hydrogen) atoms. The third-order valence-corrected chi connectivity index (χ3v) is 4.16. The van der Waals surface area contributed by atoms with Crippen molar-refractivity contribution < 1.29 is 4.79 Å². The highest BCUT2D eigenvalue weighted by Crippen LogP contribution is 2.35. The van der Waals surface area contributed by atoms with E-state index in [-0.39, 0.29) is 5.91 Å². The van der Waals surface area contributed by atoms with Crippen LogP contribution < -0.4 is 10.6 Å². The molecule has 98 valence electrons. The summed E-state index contributed by atoms with van der Waals surface area (Å²) in [7, 11) is 0. The Morgan fingerprint density at radius 1 is 1.35 bits per heavy atom. The summed E-state index contributed by atoms with van der Waals surface area (Å²) in [5.41, 5.74) is 0.405. The second-order valence-electron chi connectivity index (χ2n) is 6.52. The second kappa shape index (κ2) is 5.38. The van der Waals surface area contributed by atoms with Gasteiger partial charge in [0.2, 0.25) is 5.91 Å². The lowest BCUT2D eigenvalue weighted by Gasteiger charge is -2.35. The van der Waals surface area contributed by atoms with E-state index in [4.69, 9.17) is 0 Å². The molecular weight excluding hydrogens is 212 g/mol. The SMILES string of the molecule is CC1(C)CCCC(NC(=O)CC2CCCN2)C1. The van der Waals surface area contributed by atoms with Crippen LogP contribution in [0.2, 0.25) is 0 Å². The average molecular weight is 238 g/mol. The van der Waals surface area contributed by atoms with Gasteiger partial charge in [-0.1, -0.05) is 20.3 Å². The fraction of sp³-hybridized carbons (Fsp3) is 0.929. The Morgan fingerprint density at radius 3 is 2.82 bits per heavy atom. The van der Waals surface area contributed by atoms with Gasteiger partial charge in [0.15, 0.2) is 0 Å². The van der Waals surface area contributed by atoms with Crippen molar-refractivity contribution in [2.45, 2.75) is 70.9 Å². The summed E-state index contributed by atoms with van der Waals surface area (Å²) in [6.45, 7) is 5.70. The van der Waals surface area contributed by atoms with Crippen molar-refractivity contribution in [1.29, 1.82) is 0 Å². The fourth-order valence-corrected chi connectivity index (χ4v) is 3.26. The predicted octanol–water partition coefficient (Wildman–Crippen LogP) is 2.21. The summed E-state index contributed by atoms with van der Waals surface area (Å²) in [5, 5.41) is 6.60. The van der Waals surface area contributed by atoms with Gasteiger partial charge in [0.25, 0.3) is 0 Å². The van der Waals surface area contributed by atoms with Crippen molar-refractivity contribution >= 4 is 5.91 Å². The van der Waals surface area contributed by atoms with Gasteiger partial charge in [0.05, 0.1) is 0 Å². The molecule has 3 nitrogen and oxygen atoms in total. The summed E-state index contributed by atoms with van der Waals surface area (Å²) in [4.78, 5) is 11.9. The van der Waals surface area contributed by atoms with Gasteiger partial charge in [-0.05, 0) is 44.1 Å². The van der Waals surface area contributed by atoms with Crippen LogP contribution in [0.3, 0.4) is 0 Å². The van der Waals surface area contributed by atoms with Gasteiger partial charge in [-0.25, -0.2) is 0 Å².